The van der Waals surface area contributed by atoms with Gasteiger partial charge in [-0.1, -0.05) is 24.6 Å². The normalized spacial score (nSPS) is 17.9. The van der Waals surface area contributed by atoms with Crippen molar-refractivity contribution >= 4 is 0 Å². The number of hydrogen-bond donors (Lipinski definition) is 0. The van der Waals surface area contributed by atoms with Gasteiger partial charge in [-0.3, -0.25) is 0 Å². The van der Waals surface area contributed by atoms with Gasteiger partial charge in [0.1, 0.15) is 0 Å². The van der Waals surface area contributed by atoms with E-state index in [0.717, 1.165) is 31.2 Å². The van der Waals surface area contributed by atoms with Crippen molar-refractivity contribution in [1.82, 2.24) is 0 Å². The number of rotatable bonds is 1. The highest BCUT2D eigenvalue weighted by Gasteiger charge is 2.36. The molecule has 0 unspecified atom stereocenters. The molecule has 0 saturated heterocycles. The molecule has 0 nitrogen and oxygen atoms in total. The third-order valence-electron chi connectivity index (χ3n) is 2.57. The average Bonchev–Trinajstić information content (AvgIpc) is 2.00. The SMILES string of the molecule is FC(F)(F)c1ccccc1[C]1CCC1. The Bertz CT molecular complexity index is 324. The molecule has 0 aliphatic heterocycles. The van der Waals surface area contributed by atoms with E-state index >= 15 is 0 Å². The van der Waals surface area contributed by atoms with Gasteiger partial charge in [-0.15, -0.1) is 0 Å². The molecule has 14 heavy (non-hydrogen) atoms. The molecular weight excluding hydrogens is 189 g/mol. The molecule has 1 aromatic carbocycles. The van der Waals surface area contributed by atoms with Gasteiger partial charge in [0.2, 0.25) is 0 Å². The van der Waals surface area contributed by atoms with Crippen LogP contribution in [0.4, 0.5) is 13.2 Å². The lowest BCUT2D eigenvalue weighted by Crippen LogP contribution is -2.16. The Morgan fingerprint density at radius 1 is 1.00 bits per heavy atom. The van der Waals surface area contributed by atoms with E-state index in [9.17, 15) is 13.2 Å². The molecule has 0 heterocycles. The molecule has 0 aromatic heterocycles. The molecular formula is C11H10F3. The van der Waals surface area contributed by atoms with Gasteiger partial charge in [0.15, 0.2) is 0 Å². The van der Waals surface area contributed by atoms with Crippen LogP contribution in [0.2, 0.25) is 0 Å². The van der Waals surface area contributed by atoms with E-state index in [1.807, 2.05) is 0 Å². The van der Waals surface area contributed by atoms with Crippen molar-refractivity contribution < 1.29 is 13.2 Å². The number of alkyl halides is 3. The van der Waals surface area contributed by atoms with Crippen molar-refractivity contribution in [3.8, 4) is 0 Å². The molecule has 2 rings (SSSR count). The summed E-state index contributed by atoms with van der Waals surface area (Å²) in [6.45, 7) is 0. The van der Waals surface area contributed by atoms with E-state index in [4.69, 9.17) is 0 Å². The molecule has 3 heteroatoms. The Morgan fingerprint density at radius 3 is 2.14 bits per heavy atom. The second-order valence-corrected chi connectivity index (χ2v) is 3.50. The first-order valence-electron chi connectivity index (χ1n) is 4.60. The minimum atomic E-state index is -4.22. The lowest BCUT2D eigenvalue weighted by Gasteiger charge is -2.27. The van der Waals surface area contributed by atoms with E-state index < -0.39 is 11.7 Å². The zero-order valence-corrected chi connectivity index (χ0v) is 7.56. The van der Waals surface area contributed by atoms with Crippen LogP contribution in [-0.2, 0) is 6.18 Å². The Balaban J connectivity index is 2.38. The van der Waals surface area contributed by atoms with Gasteiger partial charge < -0.3 is 0 Å². The highest BCUT2D eigenvalue weighted by molar-refractivity contribution is 5.42. The Kier molecular flexibility index (Phi) is 2.25. The molecule has 0 bridgehead atoms. The van der Waals surface area contributed by atoms with Gasteiger partial charge in [-0.05, 0) is 24.5 Å². The first kappa shape index (κ1) is 9.56. The summed E-state index contributed by atoms with van der Waals surface area (Å²) in [6, 6.07) is 5.82. The van der Waals surface area contributed by atoms with E-state index in [-0.39, 0.29) is 0 Å². The van der Waals surface area contributed by atoms with E-state index in [1.165, 1.54) is 6.07 Å². The number of hydrogen-bond acceptors (Lipinski definition) is 0. The number of halogens is 3. The van der Waals surface area contributed by atoms with Gasteiger partial charge in [-0.25, -0.2) is 0 Å². The van der Waals surface area contributed by atoms with E-state index in [2.05, 4.69) is 0 Å². The van der Waals surface area contributed by atoms with Crippen molar-refractivity contribution in [1.29, 1.82) is 0 Å². The Hall–Kier alpha value is -0.990. The average molecular weight is 199 g/mol. The lowest BCUT2D eigenvalue weighted by molar-refractivity contribution is -0.138. The molecule has 0 amide bonds. The van der Waals surface area contributed by atoms with Crippen LogP contribution in [0.15, 0.2) is 24.3 Å². The Morgan fingerprint density at radius 2 is 1.64 bits per heavy atom. The van der Waals surface area contributed by atoms with Gasteiger partial charge >= 0.3 is 6.18 Å². The van der Waals surface area contributed by atoms with Gasteiger partial charge in [0.25, 0.3) is 0 Å². The summed E-state index contributed by atoms with van der Waals surface area (Å²) in [7, 11) is 0. The Labute approximate surface area is 80.7 Å². The second-order valence-electron chi connectivity index (χ2n) is 3.50. The van der Waals surface area contributed by atoms with Crippen molar-refractivity contribution in [3.63, 3.8) is 0 Å². The summed E-state index contributed by atoms with van der Waals surface area (Å²) in [6.07, 6.45) is -1.58. The van der Waals surface area contributed by atoms with Gasteiger partial charge in [0, 0.05) is 5.92 Å². The van der Waals surface area contributed by atoms with Crippen LogP contribution >= 0.6 is 0 Å². The summed E-state index contributed by atoms with van der Waals surface area (Å²) in [5.74, 6) is 0.943. The molecule has 0 N–H and O–H groups in total. The van der Waals surface area contributed by atoms with E-state index in [1.54, 1.807) is 12.1 Å². The van der Waals surface area contributed by atoms with Crippen LogP contribution < -0.4 is 0 Å². The molecule has 0 atom stereocenters. The molecule has 0 spiro atoms. The van der Waals surface area contributed by atoms with Gasteiger partial charge in [0.05, 0.1) is 5.56 Å². The maximum absolute atomic E-state index is 12.6. The third-order valence-corrected chi connectivity index (χ3v) is 2.57. The standard InChI is InChI=1S/C11H10F3/c12-11(13,14)10-7-2-1-6-9(10)8-4-3-5-8/h1-2,6-7H,3-5H2. The van der Waals surface area contributed by atoms with Crippen molar-refractivity contribution in [3.05, 3.63) is 41.3 Å². The zero-order valence-electron chi connectivity index (χ0n) is 7.56. The number of benzene rings is 1. The monoisotopic (exact) mass is 199 g/mol. The van der Waals surface area contributed by atoms with Crippen LogP contribution in [-0.4, -0.2) is 0 Å². The topological polar surface area (TPSA) is 0 Å². The zero-order chi connectivity index (χ0) is 10.2. The molecule has 1 radical (unpaired) electrons. The summed E-state index contributed by atoms with van der Waals surface area (Å²) in [5, 5.41) is 0. The summed E-state index contributed by atoms with van der Waals surface area (Å²) >= 11 is 0. The minimum Gasteiger partial charge on any atom is -0.166 e. The first-order chi connectivity index (χ1) is 6.59. The fourth-order valence-electron chi connectivity index (χ4n) is 1.66. The minimum absolute atomic E-state index is 0.395. The molecule has 1 aliphatic rings. The third kappa shape index (κ3) is 1.63. The fourth-order valence-corrected chi connectivity index (χ4v) is 1.66. The van der Waals surface area contributed by atoms with Crippen LogP contribution in [0.1, 0.15) is 30.4 Å². The fraction of sp³-hybridized carbons (Fsp3) is 0.364. The maximum Gasteiger partial charge on any atom is 0.416 e. The van der Waals surface area contributed by atoms with Crippen molar-refractivity contribution in [2.45, 2.75) is 25.4 Å². The summed E-state index contributed by atoms with van der Waals surface area (Å²) in [5.41, 5.74) is -0.0963. The molecule has 1 aliphatic carbocycles. The molecule has 75 valence electrons. The van der Waals surface area contributed by atoms with Crippen molar-refractivity contribution in [2.75, 3.05) is 0 Å². The second kappa shape index (κ2) is 3.30. The largest absolute Gasteiger partial charge is 0.416 e. The maximum atomic E-state index is 12.6. The predicted molar refractivity (Wildman–Crippen MR) is 47.6 cm³/mol. The van der Waals surface area contributed by atoms with Crippen LogP contribution in [0.3, 0.4) is 0 Å². The van der Waals surface area contributed by atoms with E-state index in [0.29, 0.717) is 5.56 Å². The van der Waals surface area contributed by atoms with Crippen LogP contribution in [0.25, 0.3) is 0 Å². The van der Waals surface area contributed by atoms with Gasteiger partial charge in [-0.2, -0.15) is 13.2 Å². The van der Waals surface area contributed by atoms with Crippen molar-refractivity contribution in [2.24, 2.45) is 0 Å². The highest BCUT2D eigenvalue weighted by Crippen LogP contribution is 2.41. The highest BCUT2D eigenvalue weighted by atomic mass is 19.4. The molecule has 1 saturated carbocycles. The summed E-state index contributed by atoms with van der Waals surface area (Å²) in [4.78, 5) is 0. The molecule has 1 fully saturated rings. The molecule has 1 aromatic rings. The summed E-state index contributed by atoms with van der Waals surface area (Å²) < 4.78 is 37.7. The lowest BCUT2D eigenvalue weighted by atomic mass is 9.78. The van der Waals surface area contributed by atoms with Crippen LogP contribution in [0.5, 0.6) is 0 Å². The predicted octanol–water partition coefficient (Wildman–Crippen LogP) is 3.81. The van der Waals surface area contributed by atoms with Crippen LogP contribution in [0, 0.1) is 5.92 Å². The first-order valence-corrected chi connectivity index (χ1v) is 4.60. The quantitative estimate of drug-likeness (QED) is 0.645. The smallest absolute Gasteiger partial charge is 0.166 e.